The first-order valence-electron chi connectivity index (χ1n) is 8.09. The zero-order valence-corrected chi connectivity index (χ0v) is 13.7. The van der Waals surface area contributed by atoms with Crippen LogP contribution in [0.1, 0.15) is 6.42 Å². The minimum atomic E-state index is -0.232. The number of carbonyl (C=O) groups is 1. The number of nitrogens with one attached hydrogen (secondary N) is 3. The molecule has 4 N–H and O–H groups in total. The number of aliphatic hydroxyl groups is 1. The number of carbonyl (C=O) groups excluding carboxylic acids is 1. The molecule has 0 unspecified atom stereocenters. The Morgan fingerprint density at radius 2 is 2.04 bits per heavy atom. The fraction of sp³-hybridized carbons (Fsp3) is 0.111. The minimum absolute atomic E-state index is 0.0656. The van der Waals surface area contributed by atoms with Crippen molar-refractivity contribution in [2.24, 2.45) is 0 Å². The van der Waals surface area contributed by atoms with E-state index in [2.05, 4.69) is 30.7 Å². The number of rotatable bonds is 5. The predicted molar refractivity (Wildman–Crippen MR) is 97.2 cm³/mol. The van der Waals surface area contributed by atoms with E-state index in [1.165, 1.54) is 6.33 Å². The van der Waals surface area contributed by atoms with Crippen LogP contribution in [0.5, 0.6) is 0 Å². The number of hydrogen-bond donors (Lipinski definition) is 4. The molecular formula is C18H16N6O2. The number of hydrogen-bond acceptors (Lipinski definition) is 5. The highest BCUT2D eigenvalue weighted by Gasteiger charge is 2.11. The first kappa shape index (κ1) is 16.0. The van der Waals surface area contributed by atoms with Gasteiger partial charge >= 0.3 is 0 Å². The summed E-state index contributed by atoms with van der Waals surface area (Å²) in [5, 5.41) is 26.7. The number of anilines is 1. The van der Waals surface area contributed by atoms with E-state index < -0.39 is 0 Å². The van der Waals surface area contributed by atoms with Gasteiger partial charge in [0.1, 0.15) is 6.33 Å². The van der Waals surface area contributed by atoms with Crippen LogP contribution < -0.4 is 5.32 Å². The van der Waals surface area contributed by atoms with Gasteiger partial charge in [0.15, 0.2) is 5.82 Å². The molecule has 0 saturated carbocycles. The fourth-order valence-electron chi connectivity index (χ4n) is 2.80. The van der Waals surface area contributed by atoms with E-state index >= 15 is 0 Å². The fourth-order valence-corrected chi connectivity index (χ4v) is 2.80. The maximum atomic E-state index is 11.7. The summed E-state index contributed by atoms with van der Waals surface area (Å²) in [6, 6.07) is 13.3. The van der Waals surface area contributed by atoms with Gasteiger partial charge in [-0.15, -0.1) is 0 Å². The Bertz CT molecular complexity index is 1050. The standard InChI is InChI=1S/C18H16N6O2/c25-7-6-16(26)21-13-3-1-2-11(8-13)17-14-9-12(18-19-10-20-24-18)4-5-15(14)22-23-17/h1-5,8-10,25H,6-7H2,(H,21,26)(H,22,23)(H,19,20,24). The molecule has 4 rings (SSSR count). The number of aromatic amines is 2. The average Bonchev–Trinajstić information content (AvgIpc) is 3.31. The van der Waals surface area contributed by atoms with Crippen LogP contribution in [-0.2, 0) is 4.79 Å². The van der Waals surface area contributed by atoms with Gasteiger partial charge in [-0.05, 0) is 30.3 Å². The van der Waals surface area contributed by atoms with Gasteiger partial charge in [-0.2, -0.15) is 10.2 Å². The molecule has 26 heavy (non-hydrogen) atoms. The molecule has 2 aromatic carbocycles. The second-order valence-corrected chi connectivity index (χ2v) is 5.77. The van der Waals surface area contributed by atoms with Crippen molar-refractivity contribution in [1.82, 2.24) is 25.4 Å². The molecule has 0 aliphatic heterocycles. The normalized spacial score (nSPS) is 11.0. The lowest BCUT2D eigenvalue weighted by Gasteiger charge is -2.06. The zero-order valence-electron chi connectivity index (χ0n) is 13.7. The predicted octanol–water partition coefficient (Wildman–Crippen LogP) is 2.34. The second kappa shape index (κ2) is 6.77. The van der Waals surface area contributed by atoms with Gasteiger partial charge in [-0.3, -0.25) is 15.0 Å². The van der Waals surface area contributed by atoms with E-state index in [-0.39, 0.29) is 18.9 Å². The van der Waals surface area contributed by atoms with E-state index in [0.717, 1.165) is 27.7 Å². The summed E-state index contributed by atoms with van der Waals surface area (Å²) >= 11 is 0. The second-order valence-electron chi connectivity index (χ2n) is 5.77. The van der Waals surface area contributed by atoms with Crippen molar-refractivity contribution >= 4 is 22.5 Å². The van der Waals surface area contributed by atoms with Crippen molar-refractivity contribution in [2.45, 2.75) is 6.42 Å². The number of fused-ring (bicyclic) bond motifs is 1. The van der Waals surface area contributed by atoms with Gasteiger partial charge < -0.3 is 10.4 Å². The van der Waals surface area contributed by atoms with E-state index in [1.54, 1.807) is 6.07 Å². The van der Waals surface area contributed by atoms with Crippen LogP contribution in [0.3, 0.4) is 0 Å². The molecule has 0 radical (unpaired) electrons. The van der Waals surface area contributed by atoms with Crippen LogP contribution in [0.25, 0.3) is 33.5 Å². The summed E-state index contributed by atoms with van der Waals surface area (Å²) in [6.07, 6.45) is 1.53. The van der Waals surface area contributed by atoms with Crippen molar-refractivity contribution in [3.63, 3.8) is 0 Å². The van der Waals surface area contributed by atoms with Crippen LogP contribution in [-0.4, -0.2) is 43.0 Å². The van der Waals surface area contributed by atoms with Gasteiger partial charge in [0.05, 0.1) is 24.2 Å². The van der Waals surface area contributed by atoms with E-state index in [1.807, 2.05) is 36.4 Å². The first-order valence-corrected chi connectivity index (χ1v) is 8.09. The Balaban J connectivity index is 1.72. The highest BCUT2D eigenvalue weighted by molar-refractivity contribution is 5.96. The van der Waals surface area contributed by atoms with Crippen LogP contribution >= 0.6 is 0 Å². The molecule has 2 aromatic heterocycles. The Hall–Kier alpha value is -3.52. The van der Waals surface area contributed by atoms with Crippen molar-refractivity contribution in [3.8, 4) is 22.6 Å². The minimum Gasteiger partial charge on any atom is -0.396 e. The number of nitrogens with zero attached hydrogens (tertiary/aromatic N) is 3. The Morgan fingerprint density at radius 1 is 1.12 bits per heavy atom. The van der Waals surface area contributed by atoms with Crippen LogP contribution in [0.15, 0.2) is 48.8 Å². The molecule has 0 saturated heterocycles. The van der Waals surface area contributed by atoms with Crippen molar-refractivity contribution in [3.05, 3.63) is 48.8 Å². The average molecular weight is 348 g/mol. The summed E-state index contributed by atoms with van der Waals surface area (Å²) in [5.41, 5.74) is 4.11. The van der Waals surface area contributed by atoms with Gasteiger partial charge in [0.25, 0.3) is 0 Å². The lowest BCUT2D eigenvalue weighted by atomic mass is 10.0. The number of benzene rings is 2. The van der Waals surface area contributed by atoms with Gasteiger partial charge in [0, 0.05) is 22.2 Å². The third-order valence-corrected chi connectivity index (χ3v) is 4.01. The van der Waals surface area contributed by atoms with Crippen molar-refractivity contribution in [1.29, 1.82) is 0 Å². The summed E-state index contributed by atoms with van der Waals surface area (Å²) in [6.45, 7) is -0.181. The molecule has 0 spiro atoms. The Labute approximate surface area is 148 Å². The Morgan fingerprint density at radius 3 is 2.85 bits per heavy atom. The molecule has 8 nitrogen and oxygen atoms in total. The topological polar surface area (TPSA) is 120 Å². The van der Waals surface area contributed by atoms with E-state index in [0.29, 0.717) is 11.5 Å². The molecule has 130 valence electrons. The zero-order chi connectivity index (χ0) is 17.9. The summed E-state index contributed by atoms with van der Waals surface area (Å²) in [5.74, 6) is 0.452. The molecule has 8 heteroatoms. The number of aliphatic hydroxyl groups excluding tert-OH is 1. The lowest BCUT2D eigenvalue weighted by molar-refractivity contribution is -0.116. The molecular weight excluding hydrogens is 332 g/mol. The Kier molecular flexibility index (Phi) is 4.16. The molecule has 0 bridgehead atoms. The lowest BCUT2D eigenvalue weighted by Crippen LogP contribution is -2.12. The van der Waals surface area contributed by atoms with Crippen LogP contribution in [0, 0.1) is 0 Å². The molecule has 0 fully saturated rings. The van der Waals surface area contributed by atoms with E-state index in [4.69, 9.17) is 5.11 Å². The first-order chi connectivity index (χ1) is 12.7. The monoisotopic (exact) mass is 348 g/mol. The molecule has 0 aliphatic rings. The highest BCUT2D eigenvalue weighted by Crippen LogP contribution is 2.30. The number of H-pyrrole nitrogens is 2. The van der Waals surface area contributed by atoms with Crippen LogP contribution in [0.2, 0.25) is 0 Å². The van der Waals surface area contributed by atoms with Gasteiger partial charge in [-0.1, -0.05) is 12.1 Å². The highest BCUT2D eigenvalue weighted by atomic mass is 16.3. The number of amides is 1. The summed E-state index contributed by atoms with van der Waals surface area (Å²) in [4.78, 5) is 15.9. The van der Waals surface area contributed by atoms with Crippen molar-refractivity contribution in [2.75, 3.05) is 11.9 Å². The summed E-state index contributed by atoms with van der Waals surface area (Å²) < 4.78 is 0. The molecule has 2 heterocycles. The van der Waals surface area contributed by atoms with Gasteiger partial charge in [-0.25, -0.2) is 4.98 Å². The largest absolute Gasteiger partial charge is 0.396 e. The maximum Gasteiger partial charge on any atom is 0.226 e. The summed E-state index contributed by atoms with van der Waals surface area (Å²) in [7, 11) is 0. The van der Waals surface area contributed by atoms with Crippen molar-refractivity contribution < 1.29 is 9.90 Å². The molecule has 0 aliphatic carbocycles. The molecule has 4 aromatic rings. The van der Waals surface area contributed by atoms with Crippen LogP contribution in [0.4, 0.5) is 5.69 Å². The maximum absolute atomic E-state index is 11.7. The quantitative estimate of drug-likeness (QED) is 0.441. The number of aromatic nitrogens is 5. The third-order valence-electron chi connectivity index (χ3n) is 4.01. The smallest absolute Gasteiger partial charge is 0.226 e. The third kappa shape index (κ3) is 3.05. The SMILES string of the molecule is O=C(CCO)Nc1cccc(-c2n[nH]c3ccc(-c4ncn[nH]4)cc23)c1. The van der Waals surface area contributed by atoms with Gasteiger partial charge in [0.2, 0.25) is 5.91 Å². The molecule has 0 atom stereocenters. The van der Waals surface area contributed by atoms with E-state index in [9.17, 15) is 4.79 Å². The molecule has 1 amide bonds.